The molecule has 1 aromatic rings. The summed E-state index contributed by atoms with van der Waals surface area (Å²) in [5, 5.41) is 8.68. The van der Waals surface area contributed by atoms with Crippen LogP contribution in [0, 0.1) is 23.1 Å². The number of amides is 1. The number of carbonyl (C=O) groups is 1. The lowest BCUT2D eigenvalue weighted by Crippen LogP contribution is -2.35. The molecule has 1 aromatic carbocycles. The molecule has 1 atom stereocenters. The van der Waals surface area contributed by atoms with E-state index in [1.54, 1.807) is 17.9 Å². The third-order valence-electron chi connectivity index (χ3n) is 2.89. The predicted octanol–water partition coefficient (Wildman–Crippen LogP) is 2.92. The van der Waals surface area contributed by atoms with E-state index in [1.165, 1.54) is 12.1 Å². The highest BCUT2D eigenvalue weighted by atomic mass is 35.5. The highest BCUT2D eigenvalue weighted by molar-refractivity contribution is 6.19. The molecule has 0 fully saturated rings. The number of carbonyl (C=O) groups excluding carboxylic acids is 1. The molecule has 5 heteroatoms. The number of hydrogen-bond acceptors (Lipinski definition) is 2. The second-order valence-electron chi connectivity index (χ2n) is 4.33. The van der Waals surface area contributed by atoms with Crippen LogP contribution in [0.5, 0.6) is 0 Å². The number of rotatable bonds is 5. The van der Waals surface area contributed by atoms with E-state index >= 15 is 0 Å². The molecule has 1 amide bonds. The fraction of sp³-hybridized carbons (Fsp3) is 0.429. The molecule has 0 aliphatic rings. The Morgan fingerprint density at radius 2 is 2.26 bits per heavy atom. The number of hydrogen-bond donors (Lipinski definition) is 0. The molecule has 1 rings (SSSR count). The zero-order valence-electron chi connectivity index (χ0n) is 11.0. The molecule has 0 N–H and O–H groups in total. The highest BCUT2D eigenvalue weighted by Gasteiger charge is 2.19. The fourth-order valence-corrected chi connectivity index (χ4v) is 1.81. The number of nitriles is 1. The van der Waals surface area contributed by atoms with Crippen LogP contribution in [-0.2, 0) is 11.3 Å². The molecule has 102 valence electrons. The topological polar surface area (TPSA) is 44.1 Å². The Hall–Kier alpha value is -1.60. The van der Waals surface area contributed by atoms with Crippen molar-refractivity contribution in [3.05, 3.63) is 35.1 Å². The van der Waals surface area contributed by atoms with Gasteiger partial charge in [0.2, 0.25) is 5.91 Å². The molecule has 1 unspecified atom stereocenters. The average Bonchev–Trinajstić information content (AvgIpc) is 2.44. The lowest BCUT2D eigenvalue weighted by atomic mass is 10.1. The summed E-state index contributed by atoms with van der Waals surface area (Å²) in [7, 11) is 0. The SMILES string of the molecule is CCN(Cc1ccc(C#N)cc1F)C(=O)C(C)CCl. The second-order valence-corrected chi connectivity index (χ2v) is 4.63. The van der Waals surface area contributed by atoms with Crippen molar-refractivity contribution in [3.63, 3.8) is 0 Å². The Morgan fingerprint density at radius 1 is 1.58 bits per heavy atom. The number of nitrogens with zero attached hydrogens (tertiary/aromatic N) is 2. The van der Waals surface area contributed by atoms with E-state index in [-0.39, 0.29) is 29.8 Å². The van der Waals surface area contributed by atoms with Crippen LogP contribution in [0.15, 0.2) is 18.2 Å². The van der Waals surface area contributed by atoms with Crippen molar-refractivity contribution in [2.45, 2.75) is 20.4 Å². The Balaban J connectivity index is 2.88. The normalized spacial score (nSPS) is 11.7. The molecule has 0 saturated carbocycles. The molecule has 0 radical (unpaired) electrons. The summed E-state index contributed by atoms with van der Waals surface area (Å²) < 4.78 is 13.8. The maximum atomic E-state index is 13.8. The Morgan fingerprint density at radius 3 is 2.74 bits per heavy atom. The smallest absolute Gasteiger partial charge is 0.226 e. The van der Waals surface area contributed by atoms with Crippen molar-refractivity contribution in [3.8, 4) is 6.07 Å². The van der Waals surface area contributed by atoms with Crippen molar-refractivity contribution in [2.24, 2.45) is 5.92 Å². The molecule has 0 aromatic heterocycles. The molecule has 0 spiro atoms. The van der Waals surface area contributed by atoms with E-state index < -0.39 is 5.82 Å². The molecule has 3 nitrogen and oxygen atoms in total. The highest BCUT2D eigenvalue weighted by Crippen LogP contribution is 2.14. The van der Waals surface area contributed by atoms with Crippen molar-refractivity contribution >= 4 is 17.5 Å². The number of alkyl halides is 1. The van der Waals surface area contributed by atoms with E-state index in [1.807, 2.05) is 13.0 Å². The Bertz CT molecular complexity index is 499. The predicted molar refractivity (Wildman–Crippen MR) is 72.1 cm³/mol. The van der Waals surface area contributed by atoms with E-state index in [4.69, 9.17) is 16.9 Å². The zero-order chi connectivity index (χ0) is 14.4. The standard InChI is InChI=1S/C14H16ClFN2O/c1-3-18(14(19)10(2)7-15)9-12-5-4-11(8-17)6-13(12)16/h4-6,10H,3,7,9H2,1-2H3. The van der Waals surface area contributed by atoms with Gasteiger partial charge < -0.3 is 4.90 Å². The summed E-state index contributed by atoms with van der Waals surface area (Å²) in [6, 6.07) is 6.13. The van der Waals surface area contributed by atoms with Gasteiger partial charge in [-0.1, -0.05) is 13.0 Å². The fourth-order valence-electron chi connectivity index (χ4n) is 1.67. The van der Waals surface area contributed by atoms with E-state index in [9.17, 15) is 9.18 Å². The minimum atomic E-state index is -0.469. The minimum Gasteiger partial charge on any atom is -0.338 e. The zero-order valence-corrected chi connectivity index (χ0v) is 11.7. The largest absolute Gasteiger partial charge is 0.338 e. The Labute approximate surface area is 117 Å². The van der Waals surface area contributed by atoms with Crippen LogP contribution in [0.2, 0.25) is 0 Å². The lowest BCUT2D eigenvalue weighted by Gasteiger charge is -2.24. The third-order valence-corrected chi connectivity index (χ3v) is 3.35. The quantitative estimate of drug-likeness (QED) is 0.780. The molecular formula is C14H16ClFN2O. The van der Waals surface area contributed by atoms with Crippen LogP contribution >= 0.6 is 11.6 Å². The van der Waals surface area contributed by atoms with Gasteiger partial charge in [-0.2, -0.15) is 5.26 Å². The van der Waals surface area contributed by atoms with Gasteiger partial charge in [-0.25, -0.2) is 4.39 Å². The van der Waals surface area contributed by atoms with Gasteiger partial charge in [0.1, 0.15) is 5.82 Å². The first-order chi connectivity index (χ1) is 9.03. The van der Waals surface area contributed by atoms with E-state index in [2.05, 4.69) is 0 Å². The van der Waals surface area contributed by atoms with Gasteiger partial charge >= 0.3 is 0 Å². The van der Waals surface area contributed by atoms with E-state index in [0.717, 1.165) is 0 Å². The van der Waals surface area contributed by atoms with Crippen molar-refractivity contribution in [1.82, 2.24) is 4.90 Å². The van der Waals surface area contributed by atoms with Gasteiger partial charge in [0, 0.05) is 30.5 Å². The summed E-state index contributed by atoms with van der Waals surface area (Å²) in [5.74, 6) is -0.612. The molecule has 19 heavy (non-hydrogen) atoms. The van der Waals surface area contributed by atoms with Crippen LogP contribution < -0.4 is 0 Å². The first-order valence-corrected chi connectivity index (χ1v) is 6.60. The molecule has 0 heterocycles. The molecule has 0 bridgehead atoms. The van der Waals surface area contributed by atoms with Crippen LogP contribution in [0.3, 0.4) is 0 Å². The summed E-state index contributed by atoms with van der Waals surface area (Å²) in [4.78, 5) is 13.6. The van der Waals surface area contributed by atoms with Gasteiger partial charge in [-0.15, -0.1) is 11.6 Å². The number of benzene rings is 1. The average molecular weight is 283 g/mol. The summed E-state index contributed by atoms with van der Waals surface area (Å²) in [5.41, 5.74) is 0.667. The van der Waals surface area contributed by atoms with Crippen LogP contribution in [0.25, 0.3) is 0 Å². The van der Waals surface area contributed by atoms with Crippen LogP contribution in [-0.4, -0.2) is 23.2 Å². The second kappa shape index (κ2) is 7.10. The van der Waals surface area contributed by atoms with E-state index in [0.29, 0.717) is 12.1 Å². The summed E-state index contributed by atoms with van der Waals surface area (Å²) in [6.07, 6.45) is 0. The lowest BCUT2D eigenvalue weighted by molar-refractivity contribution is -0.134. The molecular weight excluding hydrogens is 267 g/mol. The maximum absolute atomic E-state index is 13.8. The first-order valence-electron chi connectivity index (χ1n) is 6.06. The first kappa shape index (κ1) is 15.5. The van der Waals surface area contributed by atoms with Gasteiger partial charge in [0.25, 0.3) is 0 Å². The molecule has 0 aliphatic carbocycles. The molecule has 0 saturated heterocycles. The van der Waals surface area contributed by atoms with Gasteiger partial charge in [0.15, 0.2) is 0 Å². The van der Waals surface area contributed by atoms with Crippen molar-refractivity contribution < 1.29 is 9.18 Å². The minimum absolute atomic E-state index is 0.0961. The molecule has 0 aliphatic heterocycles. The summed E-state index contributed by atoms with van der Waals surface area (Å²) in [6.45, 7) is 4.25. The summed E-state index contributed by atoms with van der Waals surface area (Å²) >= 11 is 5.66. The van der Waals surface area contributed by atoms with Gasteiger partial charge in [-0.05, 0) is 19.1 Å². The third kappa shape index (κ3) is 3.93. The monoisotopic (exact) mass is 282 g/mol. The number of halogens is 2. The van der Waals surface area contributed by atoms with Crippen LogP contribution in [0.4, 0.5) is 4.39 Å². The maximum Gasteiger partial charge on any atom is 0.226 e. The Kier molecular flexibility index (Phi) is 5.78. The van der Waals surface area contributed by atoms with Crippen molar-refractivity contribution in [1.29, 1.82) is 5.26 Å². The van der Waals surface area contributed by atoms with Gasteiger partial charge in [-0.3, -0.25) is 4.79 Å². The van der Waals surface area contributed by atoms with Crippen molar-refractivity contribution in [2.75, 3.05) is 12.4 Å². The van der Waals surface area contributed by atoms with Crippen LogP contribution in [0.1, 0.15) is 25.0 Å². The van der Waals surface area contributed by atoms with Gasteiger partial charge in [0.05, 0.1) is 11.6 Å².